The molecule has 25 heavy (non-hydrogen) atoms. The molecule has 0 aliphatic rings. The van der Waals surface area contributed by atoms with Crippen molar-refractivity contribution in [1.29, 1.82) is 0 Å². The average molecular weight is 357 g/mol. The van der Waals surface area contributed by atoms with Crippen molar-refractivity contribution < 1.29 is 14.6 Å². The zero-order valence-corrected chi connectivity index (χ0v) is 17.2. The molecule has 0 aromatic rings. The fourth-order valence-electron chi connectivity index (χ4n) is 2.98. The molecule has 0 aromatic heterocycles. The first kappa shape index (κ1) is 24.4. The summed E-state index contributed by atoms with van der Waals surface area (Å²) < 4.78 is 5.17. The van der Waals surface area contributed by atoms with E-state index in [0.717, 1.165) is 32.1 Å². The second kappa shape index (κ2) is 18.2. The molecule has 0 fully saturated rings. The van der Waals surface area contributed by atoms with Gasteiger partial charge in [-0.05, 0) is 25.2 Å². The first-order chi connectivity index (χ1) is 12.1. The molecule has 0 spiro atoms. The van der Waals surface area contributed by atoms with Gasteiger partial charge in [0.25, 0.3) is 0 Å². The average Bonchev–Trinajstić information content (AvgIpc) is 2.58. The monoisotopic (exact) mass is 356 g/mol. The smallest absolute Gasteiger partial charge is 0.305 e. The van der Waals surface area contributed by atoms with Crippen LogP contribution in [0.2, 0.25) is 0 Å². The minimum atomic E-state index is -0.0670. The Hall–Kier alpha value is -0.570. The van der Waals surface area contributed by atoms with Gasteiger partial charge in [-0.3, -0.25) is 4.79 Å². The van der Waals surface area contributed by atoms with Crippen molar-refractivity contribution in [2.24, 2.45) is 5.92 Å². The van der Waals surface area contributed by atoms with Crippen LogP contribution in [0.25, 0.3) is 0 Å². The van der Waals surface area contributed by atoms with E-state index in [2.05, 4.69) is 20.8 Å². The van der Waals surface area contributed by atoms with Crippen molar-refractivity contribution in [3.8, 4) is 0 Å². The number of carbonyl (C=O) groups excluding carboxylic acids is 1. The van der Waals surface area contributed by atoms with Crippen molar-refractivity contribution >= 4 is 5.97 Å². The Morgan fingerprint density at radius 2 is 1.28 bits per heavy atom. The van der Waals surface area contributed by atoms with Crippen LogP contribution in [0.5, 0.6) is 0 Å². The molecule has 1 N–H and O–H groups in total. The van der Waals surface area contributed by atoms with Gasteiger partial charge in [0.05, 0.1) is 12.7 Å². The fraction of sp³-hybridized carbons (Fsp3) is 0.955. The Bertz CT molecular complexity index is 289. The largest absolute Gasteiger partial charge is 0.465 e. The van der Waals surface area contributed by atoms with Gasteiger partial charge in [0.1, 0.15) is 0 Å². The summed E-state index contributed by atoms with van der Waals surface area (Å²) in [7, 11) is 0. The molecule has 3 nitrogen and oxygen atoms in total. The second-order valence-electron chi connectivity index (χ2n) is 7.95. The lowest BCUT2D eigenvalue weighted by Crippen LogP contribution is -2.09. The third-order valence-electron chi connectivity index (χ3n) is 4.64. The van der Waals surface area contributed by atoms with Crippen LogP contribution in [-0.2, 0) is 9.53 Å². The zero-order valence-electron chi connectivity index (χ0n) is 17.2. The molecule has 1 atom stereocenters. The van der Waals surface area contributed by atoms with E-state index in [1.807, 2.05) is 0 Å². The van der Waals surface area contributed by atoms with E-state index in [1.54, 1.807) is 0 Å². The molecule has 0 aromatic carbocycles. The van der Waals surface area contributed by atoms with E-state index in [0.29, 0.717) is 18.9 Å². The molecule has 1 unspecified atom stereocenters. The topological polar surface area (TPSA) is 46.5 Å². The van der Waals surface area contributed by atoms with Crippen LogP contribution in [0, 0.1) is 5.92 Å². The van der Waals surface area contributed by atoms with Crippen LogP contribution < -0.4 is 0 Å². The highest BCUT2D eigenvalue weighted by molar-refractivity contribution is 5.69. The Balaban J connectivity index is 3.17. The van der Waals surface area contributed by atoms with Gasteiger partial charge in [-0.2, -0.15) is 0 Å². The Morgan fingerprint density at radius 1 is 0.800 bits per heavy atom. The molecular formula is C22H44O3. The third kappa shape index (κ3) is 19.6. The number of unbranched alkanes of at least 4 members (excludes halogenated alkanes) is 10. The quantitative estimate of drug-likeness (QED) is 0.228. The molecule has 0 saturated heterocycles. The first-order valence-electron chi connectivity index (χ1n) is 10.9. The zero-order chi connectivity index (χ0) is 18.8. The van der Waals surface area contributed by atoms with Gasteiger partial charge in [0.15, 0.2) is 0 Å². The molecule has 0 saturated carbocycles. The van der Waals surface area contributed by atoms with Crippen LogP contribution in [0.15, 0.2) is 0 Å². The summed E-state index contributed by atoms with van der Waals surface area (Å²) in [5.74, 6) is 0.392. The Labute approximate surface area is 156 Å². The van der Waals surface area contributed by atoms with Crippen LogP contribution in [0.4, 0.5) is 0 Å². The van der Waals surface area contributed by atoms with Gasteiger partial charge < -0.3 is 9.84 Å². The van der Waals surface area contributed by atoms with Crippen molar-refractivity contribution in [3.63, 3.8) is 0 Å². The lowest BCUT2D eigenvalue weighted by Gasteiger charge is -2.09. The summed E-state index contributed by atoms with van der Waals surface area (Å²) in [5.41, 5.74) is 0. The van der Waals surface area contributed by atoms with E-state index < -0.39 is 0 Å². The van der Waals surface area contributed by atoms with Crippen molar-refractivity contribution in [2.75, 3.05) is 6.61 Å². The van der Waals surface area contributed by atoms with E-state index in [1.165, 1.54) is 57.8 Å². The molecule has 0 rings (SSSR count). The highest BCUT2D eigenvalue weighted by atomic mass is 16.5. The van der Waals surface area contributed by atoms with E-state index in [4.69, 9.17) is 4.74 Å². The molecule has 0 aliphatic carbocycles. The first-order valence-corrected chi connectivity index (χ1v) is 10.9. The van der Waals surface area contributed by atoms with Gasteiger partial charge in [0, 0.05) is 6.42 Å². The van der Waals surface area contributed by atoms with E-state index in [-0.39, 0.29) is 12.1 Å². The normalized spacial score (nSPS) is 12.5. The van der Waals surface area contributed by atoms with Crippen LogP contribution in [0.1, 0.15) is 117 Å². The molecule has 150 valence electrons. The Kier molecular flexibility index (Phi) is 17.8. The van der Waals surface area contributed by atoms with Gasteiger partial charge in [-0.15, -0.1) is 0 Å². The molecule has 0 radical (unpaired) electrons. The predicted molar refractivity (Wildman–Crippen MR) is 107 cm³/mol. The minimum absolute atomic E-state index is 0.0338. The summed E-state index contributed by atoms with van der Waals surface area (Å²) >= 11 is 0. The van der Waals surface area contributed by atoms with E-state index in [9.17, 15) is 9.90 Å². The highest BCUT2D eigenvalue weighted by Crippen LogP contribution is 2.14. The summed E-state index contributed by atoms with van der Waals surface area (Å²) in [6, 6.07) is 0. The van der Waals surface area contributed by atoms with Crippen molar-refractivity contribution in [2.45, 2.75) is 123 Å². The number of aliphatic hydroxyl groups is 1. The number of rotatable bonds is 18. The van der Waals surface area contributed by atoms with Crippen molar-refractivity contribution in [1.82, 2.24) is 0 Å². The SMILES string of the molecule is CCCCC(O)CCCCCCCCCCCCC(=O)OCC(C)C. The van der Waals surface area contributed by atoms with Crippen LogP contribution in [0.3, 0.4) is 0 Å². The summed E-state index contributed by atoms with van der Waals surface area (Å²) in [5, 5.41) is 9.78. The summed E-state index contributed by atoms with van der Waals surface area (Å²) in [4.78, 5) is 11.5. The summed E-state index contributed by atoms with van der Waals surface area (Å²) in [6.45, 7) is 6.85. The predicted octanol–water partition coefficient (Wildman–Crippen LogP) is 6.42. The molecule has 0 bridgehead atoms. The van der Waals surface area contributed by atoms with E-state index >= 15 is 0 Å². The number of aliphatic hydroxyl groups excluding tert-OH is 1. The van der Waals surface area contributed by atoms with Gasteiger partial charge >= 0.3 is 5.97 Å². The lowest BCUT2D eigenvalue weighted by atomic mass is 10.0. The maximum atomic E-state index is 11.5. The third-order valence-corrected chi connectivity index (χ3v) is 4.64. The Morgan fingerprint density at radius 3 is 1.80 bits per heavy atom. The molecular weight excluding hydrogens is 312 g/mol. The number of esters is 1. The number of hydrogen-bond acceptors (Lipinski definition) is 3. The molecule has 0 amide bonds. The number of carbonyl (C=O) groups is 1. The van der Waals surface area contributed by atoms with Gasteiger partial charge in [-0.25, -0.2) is 0 Å². The molecule has 0 aliphatic heterocycles. The number of hydrogen-bond donors (Lipinski definition) is 1. The maximum absolute atomic E-state index is 11.5. The van der Waals surface area contributed by atoms with Crippen LogP contribution >= 0.6 is 0 Å². The van der Waals surface area contributed by atoms with Gasteiger partial charge in [0.2, 0.25) is 0 Å². The fourth-order valence-corrected chi connectivity index (χ4v) is 2.98. The highest BCUT2D eigenvalue weighted by Gasteiger charge is 2.04. The van der Waals surface area contributed by atoms with Crippen LogP contribution in [-0.4, -0.2) is 23.8 Å². The summed E-state index contributed by atoms with van der Waals surface area (Å²) in [6.07, 6.45) is 17.2. The molecule has 3 heteroatoms. The van der Waals surface area contributed by atoms with Gasteiger partial charge in [-0.1, -0.05) is 91.4 Å². The van der Waals surface area contributed by atoms with Crippen molar-refractivity contribution in [3.05, 3.63) is 0 Å². The second-order valence-corrected chi connectivity index (χ2v) is 7.95. The lowest BCUT2D eigenvalue weighted by molar-refractivity contribution is -0.144. The number of ether oxygens (including phenoxy) is 1. The molecule has 0 heterocycles. The standard InChI is InChI=1S/C22H44O3/c1-4-5-16-21(23)17-14-12-10-8-6-7-9-11-13-15-18-22(24)25-19-20(2)3/h20-21,23H,4-19H2,1-3H3. The minimum Gasteiger partial charge on any atom is -0.465 e. The maximum Gasteiger partial charge on any atom is 0.305 e.